The van der Waals surface area contributed by atoms with Gasteiger partial charge in [0.15, 0.2) is 0 Å². The van der Waals surface area contributed by atoms with Crippen molar-refractivity contribution >= 4 is 5.97 Å². The van der Waals surface area contributed by atoms with E-state index in [9.17, 15) is 9.90 Å². The van der Waals surface area contributed by atoms with Gasteiger partial charge in [-0.3, -0.25) is 4.79 Å². The van der Waals surface area contributed by atoms with Crippen molar-refractivity contribution in [3.63, 3.8) is 0 Å². The smallest absolute Gasteiger partial charge is 0.312 e. The molecular formula is C30H50O3. The predicted octanol–water partition coefficient (Wildman–Crippen LogP) is 8.17. The minimum Gasteiger partial charge on any atom is -0.460 e. The van der Waals surface area contributed by atoms with Gasteiger partial charge in [0.1, 0.15) is 12.2 Å². The van der Waals surface area contributed by atoms with Gasteiger partial charge in [0.05, 0.1) is 5.92 Å². The summed E-state index contributed by atoms with van der Waals surface area (Å²) in [6.45, 7) is 1.78. The summed E-state index contributed by atoms with van der Waals surface area (Å²) in [6.07, 6.45) is 24.0. The number of benzene rings is 1. The fraction of sp³-hybridized carbons (Fsp3) is 0.767. The molecule has 1 aliphatic heterocycles. The Bertz CT molecular complexity index is 600. The molecule has 0 aromatic heterocycles. The standard InChI is InChI=1S/C30H50O3/c1-26-29(31)28(30(32)33-26)25-21-16-14-12-10-8-6-4-2-3-5-7-9-11-13-15-18-22-27-23-19-17-20-24-27/h17,19-20,23-24,26,28-29,31H,2-16,18,21-22,25H2,1H3. The number of hydrogen-bond donors (Lipinski definition) is 1. The van der Waals surface area contributed by atoms with Crippen LogP contribution in [0.25, 0.3) is 0 Å². The molecule has 0 radical (unpaired) electrons. The molecule has 1 aromatic carbocycles. The number of unbranched alkanes of at least 4 members (excludes halogenated alkanes) is 16. The zero-order valence-electron chi connectivity index (χ0n) is 21.3. The van der Waals surface area contributed by atoms with Crippen LogP contribution in [0.2, 0.25) is 0 Å². The quantitative estimate of drug-likeness (QED) is 0.158. The van der Waals surface area contributed by atoms with E-state index in [0.717, 1.165) is 19.3 Å². The Morgan fingerprint density at radius 1 is 0.667 bits per heavy atom. The van der Waals surface area contributed by atoms with Crippen LogP contribution < -0.4 is 0 Å². The zero-order chi connectivity index (χ0) is 23.6. The van der Waals surface area contributed by atoms with Crippen molar-refractivity contribution in [2.75, 3.05) is 0 Å². The molecule has 1 saturated heterocycles. The summed E-state index contributed by atoms with van der Waals surface area (Å²) in [5.74, 6) is -0.491. The van der Waals surface area contributed by atoms with E-state index in [1.54, 1.807) is 6.92 Å². The molecule has 0 spiro atoms. The van der Waals surface area contributed by atoms with Gasteiger partial charge in [0.2, 0.25) is 0 Å². The SMILES string of the molecule is CC1OC(=O)C(CCCCCCCCCCCCCCCCCCCc2ccccc2)C1O. The van der Waals surface area contributed by atoms with Crippen molar-refractivity contribution in [2.24, 2.45) is 5.92 Å². The monoisotopic (exact) mass is 458 g/mol. The molecule has 2 rings (SSSR count). The Morgan fingerprint density at radius 3 is 1.52 bits per heavy atom. The molecule has 1 aromatic rings. The number of carbonyl (C=O) groups excluding carboxylic acids is 1. The van der Waals surface area contributed by atoms with Crippen LogP contribution >= 0.6 is 0 Å². The molecule has 1 aliphatic rings. The first-order valence-corrected chi connectivity index (χ1v) is 14.1. The highest BCUT2D eigenvalue weighted by Crippen LogP contribution is 2.26. The minimum absolute atomic E-state index is 0.204. The van der Waals surface area contributed by atoms with Crippen LogP contribution in [-0.2, 0) is 16.0 Å². The van der Waals surface area contributed by atoms with Crippen molar-refractivity contribution < 1.29 is 14.6 Å². The van der Waals surface area contributed by atoms with Gasteiger partial charge in [0.25, 0.3) is 0 Å². The molecule has 0 amide bonds. The number of cyclic esters (lactones) is 1. The number of aryl methyl sites for hydroxylation is 1. The Morgan fingerprint density at radius 2 is 1.09 bits per heavy atom. The van der Waals surface area contributed by atoms with E-state index < -0.39 is 6.10 Å². The van der Waals surface area contributed by atoms with Crippen LogP contribution in [0, 0.1) is 5.92 Å². The molecule has 0 aliphatic carbocycles. The third kappa shape index (κ3) is 12.6. The number of ether oxygens (including phenoxy) is 1. The Hall–Kier alpha value is -1.35. The third-order valence-electron chi connectivity index (χ3n) is 7.32. The second-order valence-electron chi connectivity index (χ2n) is 10.3. The zero-order valence-corrected chi connectivity index (χ0v) is 21.3. The lowest BCUT2D eigenvalue weighted by Gasteiger charge is -2.11. The average Bonchev–Trinajstić information content (AvgIpc) is 3.07. The molecule has 3 nitrogen and oxygen atoms in total. The molecule has 1 heterocycles. The van der Waals surface area contributed by atoms with E-state index >= 15 is 0 Å². The van der Waals surface area contributed by atoms with Gasteiger partial charge >= 0.3 is 5.97 Å². The summed E-state index contributed by atoms with van der Waals surface area (Å²) in [5.41, 5.74) is 1.48. The first kappa shape index (κ1) is 27.9. The van der Waals surface area contributed by atoms with Crippen LogP contribution in [0.15, 0.2) is 30.3 Å². The molecule has 3 heteroatoms. The number of esters is 1. The van der Waals surface area contributed by atoms with Gasteiger partial charge < -0.3 is 9.84 Å². The molecule has 3 unspecified atom stereocenters. The van der Waals surface area contributed by atoms with Crippen LogP contribution in [0.5, 0.6) is 0 Å². The second kappa shape index (κ2) is 18.0. The summed E-state index contributed by atoms with van der Waals surface area (Å²) in [4.78, 5) is 11.7. The summed E-state index contributed by atoms with van der Waals surface area (Å²) in [5, 5.41) is 9.96. The van der Waals surface area contributed by atoms with Crippen molar-refractivity contribution in [1.29, 1.82) is 0 Å². The van der Waals surface area contributed by atoms with Gasteiger partial charge in [-0.25, -0.2) is 0 Å². The van der Waals surface area contributed by atoms with Crippen molar-refractivity contribution in [1.82, 2.24) is 0 Å². The lowest BCUT2D eigenvalue weighted by atomic mass is 9.95. The van der Waals surface area contributed by atoms with Crippen molar-refractivity contribution in [3.05, 3.63) is 35.9 Å². The van der Waals surface area contributed by atoms with E-state index in [2.05, 4.69) is 30.3 Å². The van der Waals surface area contributed by atoms with E-state index in [0.29, 0.717) is 0 Å². The number of hydrogen-bond acceptors (Lipinski definition) is 3. The highest BCUT2D eigenvalue weighted by molar-refractivity contribution is 5.75. The largest absolute Gasteiger partial charge is 0.460 e. The maximum atomic E-state index is 11.7. The number of carbonyl (C=O) groups is 1. The summed E-state index contributed by atoms with van der Waals surface area (Å²) < 4.78 is 5.10. The van der Waals surface area contributed by atoms with Crippen molar-refractivity contribution in [2.45, 2.75) is 141 Å². The molecule has 3 atom stereocenters. The Labute approximate surface area is 203 Å². The molecule has 1 N–H and O–H groups in total. The minimum atomic E-state index is -0.604. The molecule has 1 fully saturated rings. The summed E-state index contributed by atoms with van der Waals surface area (Å²) >= 11 is 0. The first-order chi connectivity index (χ1) is 16.2. The van der Waals surface area contributed by atoms with E-state index in [4.69, 9.17) is 4.74 Å². The number of rotatable bonds is 20. The maximum Gasteiger partial charge on any atom is 0.312 e. The topological polar surface area (TPSA) is 46.5 Å². The summed E-state index contributed by atoms with van der Waals surface area (Å²) in [6, 6.07) is 10.9. The van der Waals surface area contributed by atoms with E-state index in [-0.39, 0.29) is 18.0 Å². The lowest BCUT2D eigenvalue weighted by Crippen LogP contribution is -2.24. The Kier molecular flexibility index (Phi) is 15.2. The Balaban J connectivity index is 1.24. The molecule has 0 bridgehead atoms. The van der Waals surface area contributed by atoms with Crippen LogP contribution in [-0.4, -0.2) is 23.3 Å². The van der Waals surface area contributed by atoms with Gasteiger partial charge in [-0.2, -0.15) is 0 Å². The predicted molar refractivity (Wildman–Crippen MR) is 138 cm³/mol. The maximum absolute atomic E-state index is 11.7. The highest BCUT2D eigenvalue weighted by Gasteiger charge is 2.40. The third-order valence-corrected chi connectivity index (χ3v) is 7.32. The highest BCUT2D eigenvalue weighted by atomic mass is 16.6. The van der Waals surface area contributed by atoms with Gasteiger partial charge in [-0.15, -0.1) is 0 Å². The van der Waals surface area contributed by atoms with Crippen LogP contribution in [0.3, 0.4) is 0 Å². The van der Waals surface area contributed by atoms with Crippen LogP contribution in [0.1, 0.15) is 128 Å². The van der Waals surface area contributed by atoms with Crippen LogP contribution in [0.4, 0.5) is 0 Å². The van der Waals surface area contributed by atoms with Gasteiger partial charge in [0, 0.05) is 0 Å². The molecule has 188 valence electrons. The normalized spacial score (nSPS) is 20.3. The van der Waals surface area contributed by atoms with E-state index in [1.165, 1.54) is 108 Å². The number of aliphatic hydroxyl groups excluding tert-OH is 1. The van der Waals surface area contributed by atoms with Crippen molar-refractivity contribution in [3.8, 4) is 0 Å². The lowest BCUT2D eigenvalue weighted by molar-refractivity contribution is -0.143. The fourth-order valence-electron chi connectivity index (χ4n) is 5.09. The molecule has 33 heavy (non-hydrogen) atoms. The van der Waals surface area contributed by atoms with Gasteiger partial charge in [-0.05, 0) is 31.7 Å². The molecule has 0 saturated carbocycles. The fourth-order valence-corrected chi connectivity index (χ4v) is 5.09. The average molecular weight is 459 g/mol. The molecular weight excluding hydrogens is 408 g/mol. The second-order valence-corrected chi connectivity index (χ2v) is 10.3. The number of aliphatic hydroxyl groups is 1. The van der Waals surface area contributed by atoms with E-state index in [1.807, 2.05) is 0 Å². The first-order valence-electron chi connectivity index (χ1n) is 14.1. The van der Waals surface area contributed by atoms with Gasteiger partial charge in [-0.1, -0.05) is 133 Å². The summed E-state index contributed by atoms with van der Waals surface area (Å²) in [7, 11) is 0.